The van der Waals surface area contributed by atoms with Crippen LogP contribution < -0.4 is 4.74 Å². The largest absolute Gasteiger partial charge is 0.497 e. The molecule has 0 unspecified atom stereocenters. The minimum atomic E-state index is 0.525. The third-order valence-electron chi connectivity index (χ3n) is 1.31. The number of azide groups is 1. The van der Waals surface area contributed by atoms with Crippen molar-refractivity contribution in [3.8, 4) is 5.75 Å². The van der Waals surface area contributed by atoms with E-state index in [4.69, 9.17) is 10.3 Å². The number of hydrogen-bond acceptors (Lipinski definition) is 2. The summed E-state index contributed by atoms with van der Waals surface area (Å²) < 4.78 is 5.70. The molecule has 0 aliphatic carbocycles. The van der Waals surface area contributed by atoms with Crippen molar-refractivity contribution in [3.05, 3.63) is 33.1 Å². The second-order valence-corrected chi connectivity index (χ2v) is 2.86. The van der Waals surface area contributed by atoms with E-state index in [9.17, 15) is 0 Å². The summed E-state index contributed by atoms with van der Waals surface area (Å²) in [6, 6.07) is 5.20. The van der Waals surface area contributed by atoms with Gasteiger partial charge < -0.3 is 4.74 Å². The molecule has 0 bridgehead atoms. The molecule has 1 aromatic rings. The Morgan fingerprint density at radius 2 is 2.33 bits per heavy atom. The first-order chi connectivity index (χ1) is 5.77. The Bertz CT molecular complexity index is 333. The molecule has 0 aliphatic rings. The summed E-state index contributed by atoms with van der Waals surface area (Å²) in [5.74, 6) is 0.667. The van der Waals surface area contributed by atoms with Crippen LogP contribution >= 0.6 is 15.9 Å². The lowest BCUT2D eigenvalue weighted by Crippen LogP contribution is -1.80. The van der Waals surface area contributed by atoms with E-state index in [1.165, 1.54) is 0 Å². The molecule has 0 spiro atoms. The van der Waals surface area contributed by atoms with Gasteiger partial charge in [-0.2, -0.15) is 0 Å². The zero-order chi connectivity index (χ0) is 8.97. The Kier molecular flexibility index (Phi) is 2.96. The highest BCUT2D eigenvalue weighted by Gasteiger charge is 1.98. The number of nitrogens with zero attached hydrogens (tertiary/aromatic N) is 3. The van der Waals surface area contributed by atoms with E-state index in [0.717, 1.165) is 4.47 Å². The van der Waals surface area contributed by atoms with Crippen LogP contribution in [-0.2, 0) is 0 Å². The topological polar surface area (TPSA) is 58.0 Å². The van der Waals surface area contributed by atoms with Gasteiger partial charge in [0.1, 0.15) is 5.75 Å². The van der Waals surface area contributed by atoms with Gasteiger partial charge in [-0.1, -0.05) is 21.0 Å². The minimum Gasteiger partial charge on any atom is -0.497 e. The van der Waals surface area contributed by atoms with Crippen LogP contribution in [0.5, 0.6) is 5.75 Å². The van der Waals surface area contributed by atoms with Crippen LogP contribution in [0.4, 0.5) is 5.69 Å². The van der Waals surface area contributed by atoms with Gasteiger partial charge in [0.2, 0.25) is 0 Å². The van der Waals surface area contributed by atoms with E-state index in [2.05, 4.69) is 26.0 Å². The zero-order valence-corrected chi connectivity index (χ0v) is 7.95. The van der Waals surface area contributed by atoms with Gasteiger partial charge in [-0.15, -0.1) is 0 Å². The first kappa shape index (κ1) is 8.90. The third kappa shape index (κ3) is 1.90. The predicted octanol–water partition coefficient (Wildman–Crippen LogP) is 3.40. The van der Waals surface area contributed by atoms with Crippen LogP contribution in [0.2, 0.25) is 0 Å². The second kappa shape index (κ2) is 3.99. The first-order valence-corrected chi connectivity index (χ1v) is 3.96. The summed E-state index contributed by atoms with van der Waals surface area (Å²) >= 11 is 3.24. The van der Waals surface area contributed by atoms with Crippen LogP contribution in [0.15, 0.2) is 27.8 Å². The molecule has 1 rings (SSSR count). The highest BCUT2D eigenvalue weighted by molar-refractivity contribution is 9.10. The van der Waals surface area contributed by atoms with E-state index >= 15 is 0 Å². The highest BCUT2D eigenvalue weighted by Crippen LogP contribution is 2.29. The summed E-state index contributed by atoms with van der Waals surface area (Å²) in [4.78, 5) is 2.68. The van der Waals surface area contributed by atoms with Gasteiger partial charge in [-0.25, -0.2) is 0 Å². The standard InChI is InChI=1S/C7H6BrN3O/c1-12-5-2-3-6(8)7(4-5)10-11-9/h2-4H,1H3. The molecule has 62 valence electrons. The maximum atomic E-state index is 8.20. The van der Waals surface area contributed by atoms with Gasteiger partial charge in [0.25, 0.3) is 0 Å². The number of halogens is 1. The molecule has 0 atom stereocenters. The third-order valence-corrected chi connectivity index (χ3v) is 1.98. The molecule has 1 aromatic carbocycles. The number of methoxy groups -OCH3 is 1. The SMILES string of the molecule is COc1ccc(Br)c(N=[N+]=[N-])c1. The zero-order valence-electron chi connectivity index (χ0n) is 6.36. The summed E-state index contributed by atoms with van der Waals surface area (Å²) in [5, 5.41) is 3.47. The molecule has 4 nitrogen and oxygen atoms in total. The van der Waals surface area contributed by atoms with Crippen LogP contribution in [0.25, 0.3) is 10.4 Å². The summed E-state index contributed by atoms with van der Waals surface area (Å²) in [6.07, 6.45) is 0. The first-order valence-electron chi connectivity index (χ1n) is 3.16. The Labute approximate surface area is 77.9 Å². The number of ether oxygens (including phenoxy) is 1. The van der Waals surface area contributed by atoms with Crippen molar-refractivity contribution < 1.29 is 4.74 Å². The Balaban J connectivity index is 3.16. The normalized spacial score (nSPS) is 8.83. The Morgan fingerprint density at radius 1 is 1.58 bits per heavy atom. The molecular weight excluding hydrogens is 222 g/mol. The van der Waals surface area contributed by atoms with Gasteiger partial charge in [0, 0.05) is 9.38 Å². The lowest BCUT2D eigenvalue weighted by molar-refractivity contribution is 0.415. The van der Waals surface area contributed by atoms with Crippen LogP contribution in [0.3, 0.4) is 0 Å². The molecule has 5 heteroatoms. The summed E-state index contributed by atoms with van der Waals surface area (Å²) in [7, 11) is 1.56. The maximum absolute atomic E-state index is 8.20. The van der Waals surface area contributed by atoms with Crippen LogP contribution in [0, 0.1) is 0 Å². The molecular formula is C7H6BrN3O. The molecule has 0 aliphatic heterocycles. The fraction of sp³-hybridized carbons (Fsp3) is 0.143. The van der Waals surface area contributed by atoms with Gasteiger partial charge >= 0.3 is 0 Å². The molecule has 0 heterocycles. The minimum absolute atomic E-state index is 0.525. The summed E-state index contributed by atoms with van der Waals surface area (Å²) in [5.41, 5.74) is 8.73. The lowest BCUT2D eigenvalue weighted by atomic mass is 10.3. The maximum Gasteiger partial charge on any atom is 0.119 e. The van der Waals surface area contributed by atoms with Crippen molar-refractivity contribution in [2.45, 2.75) is 0 Å². The summed E-state index contributed by atoms with van der Waals surface area (Å²) in [6.45, 7) is 0. The van der Waals surface area contributed by atoms with Crippen molar-refractivity contribution in [3.63, 3.8) is 0 Å². The fourth-order valence-electron chi connectivity index (χ4n) is 0.744. The van der Waals surface area contributed by atoms with E-state index in [-0.39, 0.29) is 0 Å². The monoisotopic (exact) mass is 227 g/mol. The molecule has 12 heavy (non-hydrogen) atoms. The van der Waals surface area contributed by atoms with E-state index in [0.29, 0.717) is 11.4 Å². The molecule has 0 saturated heterocycles. The quantitative estimate of drug-likeness (QED) is 0.434. The Morgan fingerprint density at radius 3 is 2.92 bits per heavy atom. The molecule has 0 aromatic heterocycles. The van der Waals surface area contributed by atoms with Gasteiger partial charge in [-0.3, -0.25) is 0 Å². The van der Waals surface area contributed by atoms with Crippen molar-refractivity contribution in [1.29, 1.82) is 0 Å². The smallest absolute Gasteiger partial charge is 0.119 e. The average molecular weight is 228 g/mol. The van der Waals surface area contributed by atoms with Crippen LogP contribution in [0.1, 0.15) is 0 Å². The van der Waals surface area contributed by atoms with E-state index in [1.807, 2.05) is 0 Å². The highest BCUT2D eigenvalue weighted by atomic mass is 79.9. The molecule has 0 radical (unpaired) electrons. The van der Waals surface area contributed by atoms with Crippen molar-refractivity contribution >= 4 is 21.6 Å². The molecule has 0 amide bonds. The van der Waals surface area contributed by atoms with Crippen molar-refractivity contribution in [2.24, 2.45) is 5.11 Å². The fourth-order valence-corrected chi connectivity index (χ4v) is 1.07. The van der Waals surface area contributed by atoms with Crippen molar-refractivity contribution in [1.82, 2.24) is 0 Å². The second-order valence-electron chi connectivity index (χ2n) is 2.01. The molecule has 0 saturated carbocycles. The number of rotatable bonds is 2. The predicted molar refractivity (Wildman–Crippen MR) is 49.5 cm³/mol. The molecule has 0 N–H and O–H groups in total. The number of hydrogen-bond donors (Lipinski definition) is 0. The Hall–Kier alpha value is -1.19. The van der Waals surface area contributed by atoms with Gasteiger partial charge in [0.05, 0.1) is 12.8 Å². The average Bonchev–Trinajstić information content (AvgIpc) is 2.09. The van der Waals surface area contributed by atoms with Crippen molar-refractivity contribution in [2.75, 3.05) is 7.11 Å². The molecule has 0 fully saturated rings. The number of benzene rings is 1. The van der Waals surface area contributed by atoms with Gasteiger partial charge in [-0.05, 0) is 23.7 Å². The lowest BCUT2D eigenvalue weighted by Gasteiger charge is -2.01. The van der Waals surface area contributed by atoms with Gasteiger partial charge in [0.15, 0.2) is 0 Å². The van der Waals surface area contributed by atoms with E-state index in [1.54, 1.807) is 25.3 Å². The van der Waals surface area contributed by atoms with E-state index < -0.39 is 0 Å². The van der Waals surface area contributed by atoms with Crippen LogP contribution in [-0.4, -0.2) is 7.11 Å².